The van der Waals surface area contributed by atoms with Crippen molar-refractivity contribution < 1.29 is 0 Å². The minimum atomic E-state index is 1.13. The number of thiophene rings is 2. The molecule has 220 valence electrons. The van der Waals surface area contributed by atoms with Gasteiger partial charge in [0.15, 0.2) is 0 Å². The Kier molecular flexibility index (Phi) is 5.98. The molecule has 2 aromatic heterocycles. The van der Waals surface area contributed by atoms with E-state index in [0.717, 1.165) is 17.1 Å². The van der Waals surface area contributed by atoms with Gasteiger partial charge in [0.05, 0.1) is 0 Å². The normalized spacial score (nSPS) is 11.8. The molecule has 0 aliphatic rings. The molecule has 3 heteroatoms. The van der Waals surface area contributed by atoms with E-state index < -0.39 is 0 Å². The molecule has 2 heterocycles. The zero-order valence-electron chi connectivity index (χ0n) is 25.4. The number of hydrogen-bond acceptors (Lipinski definition) is 3. The van der Waals surface area contributed by atoms with Gasteiger partial charge in [0.2, 0.25) is 0 Å². The number of hydrogen-bond donors (Lipinski definition) is 0. The lowest BCUT2D eigenvalue weighted by Gasteiger charge is -2.26. The second kappa shape index (κ2) is 10.5. The fraction of sp³-hybridized carbons (Fsp3) is 0. The van der Waals surface area contributed by atoms with Crippen LogP contribution in [0, 0.1) is 0 Å². The molecule has 0 radical (unpaired) electrons. The van der Waals surface area contributed by atoms with Crippen molar-refractivity contribution in [3.63, 3.8) is 0 Å². The number of fused-ring (bicyclic) bond motifs is 9. The zero-order valence-corrected chi connectivity index (χ0v) is 27.0. The van der Waals surface area contributed by atoms with Crippen LogP contribution in [0.4, 0.5) is 17.1 Å². The van der Waals surface area contributed by atoms with E-state index in [9.17, 15) is 0 Å². The Balaban J connectivity index is 1.19. The van der Waals surface area contributed by atoms with Gasteiger partial charge >= 0.3 is 0 Å². The summed E-state index contributed by atoms with van der Waals surface area (Å²) in [6, 6.07) is 60.3. The number of anilines is 3. The summed E-state index contributed by atoms with van der Waals surface area (Å²) in [7, 11) is 0. The van der Waals surface area contributed by atoms with Crippen LogP contribution >= 0.6 is 22.7 Å². The maximum atomic E-state index is 2.42. The Morgan fingerprint density at radius 1 is 0.340 bits per heavy atom. The molecule has 0 saturated carbocycles. The van der Waals surface area contributed by atoms with E-state index in [4.69, 9.17) is 0 Å². The van der Waals surface area contributed by atoms with Gasteiger partial charge in [-0.2, -0.15) is 0 Å². The van der Waals surface area contributed by atoms with Gasteiger partial charge in [-0.25, -0.2) is 0 Å². The highest BCUT2D eigenvalue weighted by atomic mass is 32.1. The summed E-state index contributed by atoms with van der Waals surface area (Å²) >= 11 is 3.74. The molecule has 0 N–H and O–H groups in total. The Hall–Kier alpha value is -5.48. The van der Waals surface area contributed by atoms with Crippen molar-refractivity contribution in [1.29, 1.82) is 0 Å². The zero-order chi connectivity index (χ0) is 30.9. The van der Waals surface area contributed by atoms with Gasteiger partial charge < -0.3 is 4.90 Å². The highest BCUT2D eigenvalue weighted by Gasteiger charge is 2.17. The average Bonchev–Trinajstić information content (AvgIpc) is 3.70. The number of benzene rings is 8. The van der Waals surface area contributed by atoms with Crippen LogP contribution in [-0.4, -0.2) is 0 Å². The first-order valence-corrected chi connectivity index (χ1v) is 17.6. The summed E-state index contributed by atoms with van der Waals surface area (Å²) in [6.07, 6.45) is 0. The molecular weight excluding hydrogens is 607 g/mol. The molecule has 8 aromatic carbocycles. The van der Waals surface area contributed by atoms with Gasteiger partial charge in [-0.3, -0.25) is 0 Å². The van der Waals surface area contributed by atoms with Crippen molar-refractivity contribution >= 4 is 102 Å². The lowest BCUT2D eigenvalue weighted by Crippen LogP contribution is -2.09. The fourth-order valence-electron chi connectivity index (χ4n) is 7.24. The lowest BCUT2D eigenvalue weighted by atomic mass is 9.98. The third kappa shape index (κ3) is 4.28. The molecule has 0 bridgehead atoms. The highest BCUT2D eigenvalue weighted by molar-refractivity contribution is 7.26. The predicted molar refractivity (Wildman–Crippen MR) is 207 cm³/mol. The maximum Gasteiger partial charge on any atom is 0.0468 e. The van der Waals surface area contributed by atoms with E-state index >= 15 is 0 Å². The van der Waals surface area contributed by atoms with E-state index in [1.54, 1.807) is 0 Å². The maximum absolute atomic E-state index is 2.42. The van der Waals surface area contributed by atoms with E-state index in [1.807, 2.05) is 22.7 Å². The Morgan fingerprint density at radius 3 is 1.74 bits per heavy atom. The van der Waals surface area contributed by atoms with Gasteiger partial charge in [-0.1, -0.05) is 103 Å². The van der Waals surface area contributed by atoms with Gasteiger partial charge in [0.1, 0.15) is 0 Å². The fourth-order valence-corrected chi connectivity index (χ4v) is 9.45. The van der Waals surface area contributed by atoms with Crippen LogP contribution in [0.1, 0.15) is 0 Å². The van der Waals surface area contributed by atoms with Gasteiger partial charge in [0.25, 0.3) is 0 Å². The summed E-state index contributed by atoms with van der Waals surface area (Å²) in [4.78, 5) is 2.42. The molecule has 47 heavy (non-hydrogen) atoms. The van der Waals surface area contributed by atoms with Crippen molar-refractivity contribution in [3.8, 4) is 11.1 Å². The van der Waals surface area contributed by atoms with Crippen molar-refractivity contribution in [3.05, 3.63) is 164 Å². The van der Waals surface area contributed by atoms with Crippen molar-refractivity contribution in [2.45, 2.75) is 0 Å². The van der Waals surface area contributed by atoms with Crippen LogP contribution in [-0.2, 0) is 0 Å². The smallest absolute Gasteiger partial charge is 0.0468 e. The van der Waals surface area contributed by atoms with E-state index in [-0.39, 0.29) is 0 Å². The topological polar surface area (TPSA) is 3.24 Å². The van der Waals surface area contributed by atoms with Crippen LogP contribution in [0.5, 0.6) is 0 Å². The molecule has 1 nitrogen and oxygen atoms in total. The van der Waals surface area contributed by atoms with Gasteiger partial charge in [-0.05, 0) is 93.3 Å². The summed E-state index contributed by atoms with van der Waals surface area (Å²) in [6.45, 7) is 0. The SMILES string of the molecule is c1ccc2c(-c3ccc(N(c4ccc5sc6ccccc6c5c4)c4ccc5ccc6sc7ccccc7c6c5c4)cc3)cccc2c1. The number of nitrogens with zero attached hydrogens (tertiary/aromatic N) is 1. The Morgan fingerprint density at radius 2 is 0.894 bits per heavy atom. The van der Waals surface area contributed by atoms with Crippen LogP contribution in [0.2, 0.25) is 0 Å². The first-order chi connectivity index (χ1) is 23.3. The summed E-state index contributed by atoms with van der Waals surface area (Å²) in [5, 5.41) is 10.4. The minimum Gasteiger partial charge on any atom is -0.310 e. The third-order valence-electron chi connectivity index (χ3n) is 9.45. The van der Waals surface area contributed by atoms with Crippen molar-refractivity contribution in [2.24, 2.45) is 0 Å². The van der Waals surface area contributed by atoms with Crippen LogP contribution in [0.25, 0.3) is 73.0 Å². The molecule has 0 saturated heterocycles. The van der Waals surface area contributed by atoms with Crippen LogP contribution < -0.4 is 4.90 Å². The quantitative estimate of drug-likeness (QED) is 0.186. The van der Waals surface area contributed by atoms with E-state index in [2.05, 4.69) is 169 Å². The molecular formula is C44H27NS2. The monoisotopic (exact) mass is 633 g/mol. The van der Waals surface area contributed by atoms with Crippen LogP contribution in [0.15, 0.2) is 164 Å². The van der Waals surface area contributed by atoms with Crippen molar-refractivity contribution in [2.75, 3.05) is 4.90 Å². The molecule has 0 aliphatic heterocycles. The molecule has 0 amide bonds. The Labute approximate surface area is 280 Å². The molecule has 0 aliphatic carbocycles. The largest absolute Gasteiger partial charge is 0.310 e. The first-order valence-electron chi connectivity index (χ1n) is 15.9. The lowest BCUT2D eigenvalue weighted by molar-refractivity contribution is 1.30. The molecule has 10 aromatic rings. The Bertz CT molecular complexity index is 2800. The second-order valence-electron chi connectivity index (χ2n) is 12.1. The van der Waals surface area contributed by atoms with Gasteiger partial charge in [0, 0.05) is 57.4 Å². The highest BCUT2D eigenvalue weighted by Crippen LogP contribution is 2.44. The summed E-state index contributed by atoms with van der Waals surface area (Å²) < 4.78 is 5.29. The number of rotatable bonds is 4. The summed E-state index contributed by atoms with van der Waals surface area (Å²) in [5.74, 6) is 0. The van der Waals surface area contributed by atoms with Crippen LogP contribution in [0.3, 0.4) is 0 Å². The first kappa shape index (κ1) is 26.7. The standard InChI is InChI=1S/C44H27NS2/c1-2-10-34-28(8-1)9-7-13-35(34)29-16-20-31(21-17-29)45(33-23-25-42-39(27-33)36-11-3-5-14-40(36)46-42)32-22-18-30-19-24-43-44(38(30)26-32)37-12-4-6-15-41(37)47-43/h1-27H. The third-order valence-corrected chi connectivity index (χ3v) is 11.7. The van der Waals surface area contributed by atoms with E-state index in [1.165, 1.54) is 73.0 Å². The summed E-state index contributed by atoms with van der Waals surface area (Å²) in [5.41, 5.74) is 5.91. The minimum absolute atomic E-state index is 1.13. The van der Waals surface area contributed by atoms with Gasteiger partial charge in [-0.15, -0.1) is 22.7 Å². The molecule has 0 atom stereocenters. The molecule has 0 unspecified atom stereocenters. The second-order valence-corrected chi connectivity index (χ2v) is 14.3. The predicted octanol–water partition coefficient (Wildman–Crippen LogP) is 13.9. The average molecular weight is 634 g/mol. The van der Waals surface area contributed by atoms with E-state index in [0.29, 0.717) is 0 Å². The molecule has 10 rings (SSSR count). The molecule has 0 fully saturated rings. The molecule has 0 spiro atoms. The van der Waals surface area contributed by atoms with Crippen molar-refractivity contribution in [1.82, 2.24) is 0 Å².